The summed E-state index contributed by atoms with van der Waals surface area (Å²) in [6, 6.07) is 0.686. The standard InChI is InChI=1S/C16H32N2O2/c1-2-8-17-12-16(7-11-20-14-16)13-18-9-3-5-15(18)6-4-10-19/h15,17,19H,2-14H2,1H3. The van der Waals surface area contributed by atoms with Crippen LogP contribution in [0.3, 0.4) is 0 Å². The van der Waals surface area contributed by atoms with Crippen molar-refractivity contribution in [3.63, 3.8) is 0 Å². The van der Waals surface area contributed by atoms with E-state index in [1.54, 1.807) is 0 Å². The molecule has 0 aromatic rings. The average molecular weight is 284 g/mol. The molecular formula is C16H32N2O2. The lowest BCUT2D eigenvalue weighted by molar-refractivity contribution is 0.0982. The van der Waals surface area contributed by atoms with Crippen molar-refractivity contribution in [3.8, 4) is 0 Å². The quantitative estimate of drug-likeness (QED) is 0.632. The molecule has 2 heterocycles. The highest BCUT2D eigenvalue weighted by molar-refractivity contribution is 4.92. The Bertz CT molecular complexity index is 267. The molecule has 2 fully saturated rings. The fourth-order valence-corrected chi connectivity index (χ4v) is 3.69. The van der Waals surface area contributed by atoms with Gasteiger partial charge in [0.25, 0.3) is 0 Å². The lowest BCUT2D eigenvalue weighted by Gasteiger charge is -2.35. The van der Waals surface area contributed by atoms with Crippen molar-refractivity contribution in [1.29, 1.82) is 0 Å². The van der Waals surface area contributed by atoms with E-state index in [0.29, 0.717) is 18.1 Å². The van der Waals surface area contributed by atoms with Crippen molar-refractivity contribution >= 4 is 0 Å². The van der Waals surface area contributed by atoms with Crippen molar-refractivity contribution in [2.24, 2.45) is 5.41 Å². The largest absolute Gasteiger partial charge is 0.396 e. The van der Waals surface area contributed by atoms with Gasteiger partial charge in [0, 0.05) is 37.8 Å². The third-order valence-electron chi connectivity index (χ3n) is 4.84. The van der Waals surface area contributed by atoms with Crippen LogP contribution in [0.4, 0.5) is 0 Å². The number of likely N-dealkylation sites (tertiary alicyclic amines) is 1. The highest BCUT2D eigenvalue weighted by atomic mass is 16.5. The van der Waals surface area contributed by atoms with Crippen LogP contribution in [0.5, 0.6) is 0 Å². The minimum Gasteiger partial charge on any atom is -0.396 e. The Balaban J connectivity index is 1.86. The molecule has 0 saturated carbocycles. The molecule has 4 heteroatoms. The Kier molecular flexibility index (Phi) is 6.75. The molecule has 0 amide bonds. The SMILES string of the molecule is CCCNCC1(CN2CCCC2CCCO)CCOC1. The summed E-state index contributed by atoms with van der Waals surface area (Å²) in [6.07, 6.45) is 7.09. The van der Waals surface area contributed by atoms with Gasteiger partial charge in [0.05, 0.1) is 6.61 Å². The van der Waals surface area contributed by atoms with Gasteiger partial charge < -0.3 is 15.2 Å². The van der Waals surface area contributed by atoms with E-state index in [1.807, 2.05) is 0 Å². The van der Waals surface area contributed by atoms with E-state index in [0.717, 1.165) is 39.1 Å². The Morgan fingerprint density at radius 1 is 1.45 bits per heavy atom. The van der Waals surface area contributed by atoms with E-state index < -0.39 is 0 Å². The van der Waals surface area contributed by atoms with E-state index in [9.17, 15) is 0 Å². The first kappa shape index (κ1) is 16.2. The van der Waals surface area contributed by atoms with Crippen LogP contribution in [0.1, 0.15) is 45.4 Å². The zero-order chi connectivity index (χ0) is 14.3. The summed E-state index contributed by atoms with van der Waals surface area (Å²) in [5.74, 6) is 0. The maximum Gasteiger partial charge on any atom is 0.0547 e. The maximum absolute atomic E-state index is 9.04. The number of hydrogen-bond donors (Lipinski definition) is 2. The van der Waals surface area contributed by atoms with Gasteiger partial charge >= 0.3 is 0 Å². The smallest absolute Gasteiger partial charge is 0.0547 e. The van der Waals surface area contributed by atoms with E-state index in [2.05, 4.69) is 17.1 Å². The Hall–Kier alpha value is -0.160. The summed E-state index contributed by atoms with van der Waals surface area (Å²) in [5.41, 5.74) is 0.316. The zero-order valence-corrected chi connectivity index (χ0v) is 13.1. The molecule has 20 heavy (non-hydrogen) atoms. The Morgan fingerprint density at radius 3 is 3.05 bits per heavy atom. The van der Waals surface area contributed by atoms with Crippen LogP contribution in [0.2, 0.25) is 0 Å². The lowest BCUT2D eigenvalue weighted by Crippen LogP contribution is -2.46. The zero-order valence-electron chi connectivity index (χ0n) is 13.1. The van der Waals surface area contributed by atoms with E-state index in [4.69, 9.17) is 9.84 Å². The summed E-state index contributed by atoms with van der Waals surface area (Å²) in [7, 11) is 0. The van der Waals surface area contributed by atoms with E-state index in [-0.39, 0.29) is 0 Å². The van der Waals surface area contributed by atoms with Gasteiger partial charge in [-0.25, -0.2) is 0 Å². The van der Waals surface area contributed by atoms with Gasteiger partial charge in [0.15, 0.2) is 0 Å². The molecule has 0 aromatic carbocycles. The number of aliphatic hydroxyl groups excluding tert-OH is 1. The second-order valence-corrected chi connectivity index (χ2v) is 6.61. The fourth-order valence-electron chi connectivity index (χ4n) is 3.69. The van der Waals surface area contributed by atoms with Gasteiger partial charge in [0.2, 0.25) is 0 Å². The van der Waals surface area contributed by atoms with Crippen molar-refractivity contribution in [2.75, 3.05) is 46.0 Å². The fraction of sp³-hybridized carbons (Fsp3) is 1.00. The van der Waals surface area contributed by atoms with Gasteiger partial charge in [-0.2, -0.15) is 0 Å². The van der Waals surface area contributed by atoms with Gasteiger partial charge in [-0.05, 0) is 51.6 Å². The summed E-state index contributed by atoms with van der Waals surface area (Å²) in [6.45, 7) is 8.97. The molecule has 0 bridgehead atoms. The second-order valence-electron chi connectivity index (χ2n) is 6.61. The first-order chi connectivity index (χ1) is 9.79. The first-order valence-electron chi connectivity index (χ1n) is 8.43. The molecule has 0 aromatic heterocycles. The molecule has 2 unspecified atom stereocenters. The summed E-state index contributed by atoms with van der Waals surface area (Å²) in [4.78, 5) is 2.66. The Morgan fingerprint density at radius 2 is 2.35 bits per heavy atom. The monoisotopic (exact) mass is 284 g/mol. The summed E-state index contributed by atoms with van der Waals surface area (Å²) >= 11 is 0. The minimum atomic E-state index is 0.316. The van der Waals surface area contributed by atoms with Crippen molar-refractivity contribution in [1.82, 2.24) is 10.2 Å². The van der Waals surface area contributed by atoms with Gasteiger partial charge in [-0.1, -0.05) is 6.92 Å². The van der Waals surface area contributed by atoms with Crippen LogP contribution >= 0.6 is 0 Å². The number of ether oxygens (including phenoxy) is 1. The molecule has 2 N–H and O–H groups in total. The van der Waals surface area contributed by atoms with Crippen molar-refractivity contribution in [2.45, 2.75) is 51.5 Å². The molecule has 2 atom stereocenters. The topological polar surface area (TPSA) is 44.7 Å². The van der Waals surface area contributed by atoms with Crippen molar-refractivity contribution in [3.05, 3.63) is 0 Å². The normalized spacial score (nSPS) is 31.2. The molecule has 2 rings (SSSR count). The van der Waals surface area contributed by atoms with Crippen LogP contribution in [0.15, 0.2) is 0 Å². The number of hydrogen-bond acceptors (Lipinski definition) is 4. The predicted octanol–water partition coefficient (Wildman–Crippen LogP) is 1.63. The average Bonchev–Trinajstić information content (AvgIpc) is 3.07. The highest BCUT2D eigenvalue weighted by Crippen LogP contribution is 2.33. The molecule has 0 aliphatic carbocycles. The summed E-state index contributed by atoms with van der Waals surface area (Å²) < 4.78 is 5.71. The van der Waals surface area contributed by atoms with Gasteiger partial charge in [0.1, 0.15) is 0 Å². The maximum atomic E-state index is 9.04. The molecule has 118 valence electrons. The Labute approximate surface area is 123 Å². The molecule has 4 nitrogen and oxygen atoms in total. The van der Waals surface area contributed by atoms with Crippen LogP contribution in [0, 0.1) is 5.41 Å². The number of nitrogens with zero attached hydrogens (tertiary/aromatic N) is 1. The van der Waals surface area contributed by atoms with Gasteiger partial charge in [-0.15, -0.1) is 0 Å². The summed E-state index contributed by atoms with van der Waals surface area (Å²) in [5, 5.41) is 12.6. The molecule has 0 spiro atoms. The number of nitrogens with one attached hydrogen (secondary N) is 1. The van der Waals surface area contributed by atoms with Gasteiger partial charge in [-0.3, -0.25) is 4.90 Å². The van der Waals surface area contributed by atoms with Crippen LogP contribution in [-0.4, -0.2) is 62.0 Å². The number of aliphatic hydroxyl groups is 1. The first-order valence-corrected chi connectivity index (χ1v) is 8.43. The lowest BCUT2D eigenvalue weighted by atomic mass is 9.86. The van der Waals surface area contributed by atoms with Crippen LogP contribution < -0.4 is 5.32 Å². The highest BCUT2D eigenvalue weighted by Gasteiger charge is 2.38. The van der Waals surface area contributed by atoms with Crippen molar-refractivity contribution < 1.29 is 9.84 Å². The van der Waals surface area contributed by atoms with Crippen LogP contribution in [-0.2, 0) is 4.74 Å². The third-order valence-corrected chi connectivity index (χ3v) is 4.84. The molecule has 2 saturated heterocycles. The van der Waals surface area contributed by atoms with E-state index >= 15 is 0 Å². The minimum absolute atomic E-state index is 0.316. The second kappa shape index (κ2) is 8.32. The number of rotatable bonds is 9. The predicted molar refractivity (Wildman–Crippen MR) is 81.9 cm³/mol. The van der Waals surface area contributed by atoms with E-state index in [1.165, 1.54) is 38.8 Å². The molecule has 0 radical (unpaired) electrons. The molecular weight excluding hydrogens is 252 g/mol. The third kappa shape index (κ3) is 4.42. The van der Waals surface area contributed by atoms with Crippen LogP contribution in [0.25, 0.3) is 0 Å². The molecule has 2 aliphatic rings. The molecule has 2 aliphatic heterocycles.